The number of amides is 1. The van der Waals surface area contributed by atoms with E-state index in [1.54, 1.807) is 6.08 Å². The van der Waals surface area contributed by atoms with Crippen molar-refractivity contribution in [2.45, 2.75) is 154 Å². The molecule has 2 unspecified atom stereocenters. The molecule has 0 aromatic carbocycles. The first-order valence-corrected chi connectivity index (χ1v) is 21.0. The van der Waals surface area contributed by atoms with Crippen molar-refractivity contribution in [2.24, 2.45) is 0 Å². The summed E-state index contributed by atoms with van der Waals surface area (Å²) in [7, 11) is 0. The van der Waals surface area contributed by atoms with Crippen molar-refractivity contribution in [1.29, 1.82) is 0 Å². The summed E-state index contributed by atoms with van der Waals surface area (Å²) in [5.41, 5.74) is 0. The topological polar surface area (TPSA) is 69.6 Å². The molecule has 0 saturated carbocycles. The molecule has 0 aliphatic rings. The fourth-order valence-corrected chi connectivity index (χ4v) is 5.13. The third-order valence-electron chi connectivity index (χ3n) is 8.31. The third-order valence-corrected chi connectivity index (χ3v) is 8.31. The van der Waals surface area contributed by atoms with E-state index in [1.807, 2.05) is 6.08 Å². The number of aliphatic hydroxyl groups is 2. The first-order chi connectivity index (χ1) is 26.7. The summed E-state index contributed by atoms with van der Waals surface area (Å²) in [5.74, 6) is -0.104. The Balaban J connectivity index is 3.67. The van der Waals surface area contributed by atoms with Gasteiger partial charge in [-0.2, -0.15) is 0 Å². The van der Waals surface area contributed by atoms with Crippen LogP contribution in [-0.4, -0.2) is 34.9 Å². The second kappa shape index (κ2) is 43.7. The van der Waals surface area contributed by atoms with E-state index in [2.05, 4.69) is 153 Å². The van der Waals surface area contributed by atoms with Crippen LogP contribution in [0.2, 0.25) is 0 Å². The summed E-state index contributed by atoms with van der Waals surface area (Å²) in [5, 5.41) is 22.3. The summed E-state index contributed by atoms with van der Waals surface area (Å²) in [6.45, 7) is 3.96. The molecule has 0 aromatic rings. The van der Waals surface area contributed by atoms with Crippen LogP contribution in [0.4, 0.5) is 0 Å². The van der Waals surface area contributed by atoms with E-state index < -0.39 is 12.1 Å². The molecule has 54 heavy (non-hydrogen) atoms. The van der Waals surface area contributed by atoms with Crippen molar-refractivity contribution in [1.82, 2.24) is 5.32 Å². The van der Waals surface area contributed by atoms with Gasteiger partial charge in [-0.15, -0.1) is 0 Å². The molecule has 0 rings (SSSR count). The fourth-order valence-electron chi connectivity index (χ4n) is 5.13. The van der Waals surface area contributed by atoms with Crippen molar-refractivity contribution in [2.75, 3.05) is 6.61 Å². The maximum atomic E-state index is 12.2. The maximum absolute atomic E-state index is 12.2. The Morgan fingerprint density at radius 3 is 1.19 bits per heavy atom. The highest BCUT2D eigenvalue weighted by atomic mass is 16.3. The minimum atomic E-state index is -0.853. The van der Waals surface area contributed by atoms with E-state index >= 15 is 0 Å². The van der Waals surface area contributed by atoms with Crippen LogP contribution >= 0.6 is 0 Å². The van der Waals surface area contributed by atoms with Gasteiger partial charge in [-0.25, -0.2) is 0 Å². The van der Waals surface area contributed by atoms with Crippen molar-refractivity contribution in [3.05, 3.63) is 146 Å². The molecule has 0 aromatic heterocycles. The van der Waals surface area contributed by atoms with Crippen molar-refractivity contribution >= 4 is 5.91 Å². The van der Waals surface area contributed by atoms with Gasteiger partial charge in [0, 0.05) is 6.42 Å². The van der Waals surface area contributed by atoms with Gasteiger partial charge in [-0.1, -0.05) is 185 Å². The highest BCUT2D eigenvalue weighted by molar-refractivity contribution is 5.76. The average Bonchev–Trinajstić information content (AvgIpc) is 3.17. The number of rotatable bonds is 35. The monoisotopic (exact) mass is 740 g/mol. The molecular formula is C50H77NO3. The molecule has 2 atom stereocenters. The second-order valence-corrected chi connectivity index (χ2v) is 13.3. The normalized spacial score (nSPS) is 14.5. The van der Waals surface area contributed by atoms with Gasteiger partial charge in [0.2, 0.25) is 5.91 Å². The number of carbonyl (C=O) groups excluding carboxylic acids is 1. The second-order valence-electron chi connectivity index (χ2n) is 13.3. The van der Waals surface area contributed by atoms with Gasteiger partial charge < -0.3 is 15.5 Å². The van der Waals surface area contributed by atoms with Crippen LogP contribution in [0.3, 0.4) is 0 Å². The molecule has 0 saturated heterocycles. The van der Waals surface area contributed by atoms with Gasteiger partial charge in [0.15, 0.2) is 0 Å². The number of hydrogen-bond donors (Lipinski definition) is 3. The van der Waals surface area contributed by atoms with Crippen LogP contribution in [0.1, 0.15) is 142 Å². The molecular weight excluding hydrogens is 663 g/mol. The molecule has 1 amide bonds. The Labute approximate surface area is 332 Å². The maximum Gasteiger partial charge on any atom is 0.220 e. The number of nitrogens with one attached hydrogen (secondary N) is 1. The van der Waals surface area contributed by atoms with Gasteiger partial charge in [0.05, 0.1) is 18.8 Å². The predicted molar refractivity (Wildman–Crippen MR) is 238 cm³/mol. The zero-order chi connectivity index (χ0) is 39.3. The van der Waals surface area contributed by atoms with Gasteiger partial charge in [-0.05, 0) is 96.3 Å². The predicted octanol–water partition coefficient (Wildman–Crippen LogP) is 13.3. The minimum Gasteiger partial charge on any atom is -0.394 e. The van der Waals surface area contributed by atoms with E-state index in [9.17, 15) is 15.0 Å². The Hall–Kier alpha value is -3.73. The smallest absolute Gasteiger partial charge is 0.220 e. The summed E-state index contributed by atoms with van der Waals surface area (Å²) in [6.07, 6.45) is 71.6. The van der Waals surface area contributed by atoms with Gasteiger partial charge in [-0.3, -0.25) is 4.79 Å². The Kier molecular flexibility index (Phi) is 40.7. The largest absolute Gasteiger partial charge is 0.394 e. The van der Waals surface area contributed by atoms with Crippen LogP contribution < -0.4 is 5.32 Å². The van der Waals surface area contributed by atoms with Crippen molar-refractivity contribution in [3.63, 3.8) is 0 Å². The van der Waals surface area contributed by atoms with Crippen LogP contribution in [-0.2, 0) is 4.79 Å². The number of allylic oxidation sites excluding steroid dienone is 23. The molecule has 0 heterocycles. The lowest BCUT2D eigenvalue weighted by molar-refractivity contribution is -0.123. The Morgan fingerprint density at radius 2 is 0.815 bits per heavy atom. The number of unbranched alkanes of at least 4 members (excludes halogenated alkanes) is 6. The number of hydrogen-bond acceptors (Lipinski definition) is 3. The van der Waals surface area contributed by atoms with E-state index in [0.717, 1.165) is 109 Å². The molecule has 300 valence electrons. The van der Waals surface area contributed by atoms with E-state index in [1.165, 1.54) is 12.8 Å². The molecule has 0 spiro atoms. The lowest BCUT2D eigenvalue weighted by Crippen LogP contribution is -2.45. The third kappa shape index (κ3) is 39.5. The average molecular weight is 740 g/mol. The quantitative estimate of drug-likeness (QED) is 0.0448. The van der Waals surface area contributed by atoms with E-state index in [-0.39, 0.29) is 12.5 Å². The first-order valence-electron chi connectivity index (χ1n) is 21.0. The SMILES string of the molecule is CC/C=C\C/C=C\C/C=C\C/C=C\C/C=C\C/C=C\C/C=C\C/C=C\C/C=C\C/C=C\C/C=C\CCCCCCCC(=O)NC(CO)C(O)/C=C/CCC. The fraction of sp³-hybridized carbons (Fsp3) is 0.500. The van der Waals surface area contributed by atoms with Gasteiger partial charge >= 0.3 is 0 Å². The van der Waals surface area contributed by atoms with Crippen LogP contribution in [0.25, 0.3) is 0 Å². The van der Waals surface area contributed by atoms with Crippen LogP contribution in [0.5, 0.6) is 0 Å². The van der Waals surface area contributed by atoms with Crippen LogP contribution in [0, 0.1) is 0 Å². The van der Waals surface area contributed by atoms with Gasteiger partial charge in [0.1, 0.15) is 0 Å². The molecule has 0 aliphatic heterocycles. The molecule has 0 radical (unpaired) electrons. The van der Waals surface area contributed by atoms with Gasteiger partial charge in [0.25, 0.3) is 0 Å². The molecule has 4 nitrogen and oxygen atoms in total. The van der Waals surface area contributed by atoms with E-state index in [4.69, 9.17) is 0 Å². The summed E-state index contributed by atoms with van der Waals surface area (Å²) in [6, 6.07) is -0.638. The van der Waals surface area contributed by atoms with E-state index in [0.29, 0.717) is 6.42 Å². The summed E-state index contributed by atoms with van der Waals surface area (Å²) < 4.78 is 0. The zero-order valence-electron chi connectivity index (χ0n) is 34.2. The lowest BCUT2D eigenvalue weighted by atomic mass is 10.1. The zero-order valence-corrected chi connectivity index (χ0v) is 34.2. The summed E-state index contributed by atoms with van der Waals surface area (Å²) >= 11 is 0. The van der Waals surface area contributed by atoms with Crippen molar-refractivity contribution in [3.8, 4) is 0 Å². The number of carbonyl (C=O) groups is 1. The highest BCUT2D eigenvalue weighted by Gasteiger charge is 2.17. The molecule has 0 fully saturated rings. The summed E-state index contributed by atoms with van der Waals surface area (Å²) in [4.78, 5) is 12.2. The molecule has 0 bridgehead atoms. The first kappa shape index (κ1) is 50.3. The molecule has 0 aliphatic carbocycles. The molecule has 4 heteroatoms. The Bertz CT molecular complexity index is 1200. The van der Waals surface area contributed by atoms with Crippen LogP contribution in [0.15, 0.2) is 146 Å². The lowest BCUT2D eigenvalue weighted by Gasteiger charge is -2.19. The Morgan fingerprint density at radius 1 is 0.463 bits per heavy atom. The number of aliphatic hydroxyl groups excluding tert-OH is 2. The molecule has 3 N–H and O–H groups in total. The highest BCUT2D eigenvalue weighted by Crippen LogP contribution is 2.09. The standard InChI is InChI=1S/C50H77NO3/c1-3-5-7-8-9-10-11-12-13-14-15-16-17-18-19-20-21-22-23-24-25-26-27-28-29-30-31-32-33-34-35-36-37-38-39-40-41-42-44-46-50(54)51-48(47-52)49(53)45-43-6-4-2/h5,7,9-10,12-13,15-16,18-19,21-22,24-25,27-28,30-31,33-34,36-37,43,45,48-49,52-53H,3-4,6,8,11,14,17,20,23,26,29,32,35,38-42,44,46-47H2,1-2H3,(H,51,54)/b7-5-,10-9-,13-12-,16-15-,19-18-,22-21-,25-24-,28-27-,31-30-,34-33-,37-36-,45-43+. The minimum absolute atomic E-state index is 0.104. The van der Waals surface area contributed by atoms with Crippen molar-refractivity contribution < 1.29 is 15.0 Å².